The molecule has 7 nitrogen and oxygen atoms in total. The van der Waals surface area contributed by atoms with Crippen LogP contribution in [0.2, 0.25) is 15.1 Å². The number of nitrogens with one attached hydrogen (secondary N) is 1. The van der Waals surface area contributed by atoms with Gasteiger partial charge in [-0.1, -0.05) is 108 Å². The van der Waals surface area contributed by atoms with Gasteiger partial charge in [0.2, 0.25) is 11.8 Å². The molecule has 0 spiro atoms. The van der Waals surface area contributed by atoms with Gasteiger partial charge in [0.25, 0.3) is 10.0 Å². The molecule has 11 heteroatoms. The van der Waals surface area contributed by atoms with Gasteiger partial charge in [0.15, 0.2) is 0 Å². The van der Waals surface area contributed by atoms with E-state index in [1.807, 2.05) is 51.1 Å². The topological polar surface area (TPSA) is 86.8 Å². The number of hydrogen-bond donors (Lipinski definition) is 1. The highest BCUT2D eigenvalue weighted by Crippen LogP contribution is 2.31. The number of nitrogens with zero attached hydrogens (tertiary/aromatic N) is 2. The number of carbonyl (C=O) groups excluding carboxylic acids is 2. The van der Waals surface area contributed by atoms with Gasteiger partial charge in [-0.2, -0.15) is 0 Å². The smallest absolute Gasteiger partial charge is 0.264 e. The standard InChI is InChI=1S/C35H36Cl3N3O4S/c1-4-25(3)39-35(43)33(21-26-10-6-5-7-11-26)40(22-27-16-19-29(36)31(38)20-27)34(42)23-41(32-13-9-8-12-30(32)37)46(44,45)28-17-14-24(2)15-18-28/h5-20,25,33H,4,21-23H2,1-3H3,(H,39,43)/t25-,33+/m1/s1. The van der Waals surface area contributed by atoms with Crippen LogP contribution in [-0.4, -0.2) is 43.8 Å². The molecule has 0 aliphatic carbocycles. The highest BCUT2D eigenvalue weighted by atomic mass is 35.5. The highest BCUT2D eigenvalue weighted by Gasteiger charge is 2.35. The van der Waals surface area contributed by atoms with E-state index in [4.69, 9.17) is 34.8 Å². The fraction of sp³-hybridized carbons (Fsp3) is 0.257. The van der Waals surface area contributed by atoms with Crippen molar-refractivity contribution in [1.29, 1.82) is 0 Å². The third-order valence-electron chi connectivity index (χ3n) is 7.62. The second kappa shape index (κ2) is 15.8. The van der Waals surface area contributed by atoms with Crippen LogP contribution in [0.25, 0.3) is 0 Å². The van der Waals surface area contributed by atoms with Gasteiger partial charge in [0, 0.05) is 19.0 Å². The van der Waals surface area contributed by atoms with E-state index in [-0.39, 0.29) is 45.5 Å². The molecule has 0 radical (unpaired) electrons. The van der Waals surface area contributed by atoms with Gasteiger partial charge in [-0.05, 0) is 67.8 Å². The number of carbonyl (C=O) groups is 2. The predicted octanol–water partition coefficient (Wildman–Crippen LogP) is 7.71. The summed E-state index contributed by atoms with van der Waals surface area (Å²) in [5.41, 5.74) is 2.45. The molecule has 2 amide bonds. The van der Waals surface area contributed by atoms with Crippen LogP contribution in [0.5, 0.6) is 0 Å². The SMILES string of the molecule is CC[C@@H](C)NC(=O)[C@H](Cc1ccccc1)N(Cc1ccc(Cl)c(Cl)c1)C(=O)CN(c1ccccc1Cl)S(=O)(=O)c1ccc(C)cc1. The van der Waals surface area contributed by atoms with Gasteiger partial charge >= 0.3 is 0 Å². The van der Waals surface area contributed by atoms with Crippen LogP contribution in [0.3, 0.4) is 0 Å². The monoisotopic (exact) mass is 699 g/mol. The zero-order valence-electron chi connectivity index (χ0n) is 25.8. The van der Waals surface area contributed by atoms with Gasteiger partial charge in [-0.3, -0.25) is 13.9 Å². The molecule has 0 aliphatic rings. The number of anilines is 1. The van der Waals surface area contributed by atoms with Crippen molar-refractivity contribution < 1.29 is 18.0 Å². The molecule has 0 saturated carbocycles. The summed E-state index contributed by atoms with van der Waals surface area (Å²) in [6.07, 6.45) is 0.868. The lowest BCUT2D eigenvalue weighted by Gasteiger charge is -2.34. The number of hydrogen-bond acceptors (Lipinski definition) is 4. The quantitative estimate of drug-likeness (QED) is 0.155. The Kier molecular flexibility index (Phi) is 12.1. The van der Waals surface area contributed by atoms with Crippen molar-refractivity contribution in [2.45, 2.75) is 57.1 Å². The van der Waals surface area contributed by atoms with Crippen LogP contribution in [0.1, 0.15) is 37.0 Å². The van der Waals surface area contributed by atoms with Crippen molar-refractivity contribution in [3.63, 3.8) is 0 Å². The molecule has 242 valence electrons. The maximum Gasteiger partial charge on any atom is 0.264 e. The number of benzene rings is 4. The molecule has 0 aliphatic heterocycles. The fourth-order valence-electron chi connectivity index (χ4n) is 4.83. The first kappa shape index (κ1) is 35.3. The summed E-state index contributed by atoms with van der Waals surface area (Å²) in [6.45, 7) is 5.03. The molecular formula is C35H36Cl3N3O4S. The van der Waals surface area contributed by atoms with Gasteiger partial charge in [-0.25, -0.2) is 8.42 Å². The summed E-state index contributed by atoms with van der Waals surface area (Å²) in [5.74, 6) is -0.973. The number of amides is 2. The number of para-hydroxylation sites is 1. The van der Waals surface area contributed by atoms with E-state index in [2.05, 4.69) is 5.32 Å². The van der Waals surface area contributed by atoms with Crippen LogP contribution < -0.4 is 9.62 Å². The summed E-state index contributed by atoms with van der Waals surface area (Å²) in [5, 5.41) is 3.79. The molecule has 0 unspecified atom stereocenters. The molecule has 46 heavy (non-hydrogen) atoms. The third kappa shape index (κ3) is 8.82. The van der Waals surface area contributed by atoms with E-state index < -0.39 is 28.5 Å². The molecule has 4 aromatic rings. The van der Waals surface area contributed by atoms with Gasteiger partial charge in [0.05, 0.1) is 25.7 Å². The molecule has 0 aromatic heterocycles. The Balaban J connectivity index is 1.83. The molecule has 1 N–H and O–H groups in total. The Hall–Kier alpha value is -3.56. The maximum absolute atomic E-state index is 14.6. The lowest BCUT2D eigenvalue weighted by molar-refractivity contribution is -0.140. The molecular weight excluding hydrogens is 665 g/mol. The molecule has 0 bridgehead atoms. The van der Waals surface area contributed by atoms with Crippen molar-refractivity contribution in [2.24, 2.45) is 0 Å². The fourth-order valence-corrected chi connectivity index (χ4v) is 6.88. The molecule has 4 rings (SSSR count). The minimum atomic E-state index is -4.27. The zero-order chi connectivity index (χ0) is 33.4. The molecule has 4 aromatic carbocycles. The summed E-state index contributed by atoms with van der Waals surface area (Å²) >= 11 is 19.1. The van der Waals surface area contributed by atoms with Crippen molar-refractivity contribution in [1.82, 2.24) is 10.2 Å². The first-order chi connectivity index (χ1) is 21.9. The molecule has 0 heterocycles. The van der Waals surface area contributed by atoms with E-state index in [1.54, 1.807) is 54.6 Å². The minimum Gasteiger partial charge on any atom is -0.352 e. The Morgan fingerprint density at radius 3 is 2.09 bits per heavy atom. The molecule has 0 saturated heterocycles. The Morgan fingerprint density at radius 1 is 0.804 bits per heavy atom. The van der Waals surface area contributed by atoms with E-state index in [1.165, 1.54) is 17.0 Å². The molecule has 2 atom stereocenters. The Labute approximate surface area is 286 Å². The third-order valence-corrected chi connectivity index (χ3v) is 10.5. The van der Waals surface area contributed by atoms with Gasteiger partial charge in [-0.15, -0.1) is 0 Å². The van der Waals surface area contributed by atoms with Crippen molar-refractivity contribution in [2.75, 3.05) is 10.8 Å². The van der Waals surface area contributed by atoms with E-state index in [9.17, 15) is 18.0 Å². The minimum absolute atomic E-state index is 0.00259. The summed E-state index contributed by atoms with van der Waals surface area (Å²) in [7, 11) is -4.27. The van der Waals surface area contributed by atoms with E-state index in [0.717, 1.165) is 15.4 Å². The second-order valence-electron chi connectivity index (χ2n) is 11.1. The van der Waals surface area contributed by atoms with Crippen LogP contribution in [-0.2, 0) is 32.6 Å². The van der Waals surface area contributed by atoms with Crippen LogP contribution >= 0.6 is 34.8 Å². The Bertz CT molecular complexity index is 1770. The number of halogens is 3. The van der Waals surface area contributed by atoms with Crippen LogP contribution in [0.4, 0.5) is 5.69 Å². The van der Waals surface area contributed by atoms with Crippen molar-refractivity contribution in [3.05, 3.63) is 129 Å². The average Bonchev–Trinajstić information content (AvgIpc) is 3.04. The Morgan fingerprint density at radius 2 is 1.46 bits per heavy atom. The van der Waals surface area contributed by atoms with Crippen molar-refractivity contribution in [3.8, 4) is 0 Å². The first-order valence-corrected chi connectivity index (χ1v) is 17.4. The summed E-state index contributed by atoms with van der Waals surface area (Å²) in [6, 6.07) is 25.9. The van der Waals surface area contributed by atoms with Gasteiger partial charge in [0.1, 0.15) is 12.6 Å². The maximum atomic E-state index is 14.6. The van der Waals surface area contributed by atoms with Crippen LogP contribution in [0.15, 0.2) is 102 Å². The number of sulfonamides is 1. The second-order valence-corrected chi connectivity index (χ2v) is 14.2. The number of aryl methyl sites for hydroxylation is 1. The summed E-state index contributed by atoms with van der Waals surface area (Å²) in [4.78, 5) is 29.9. The first-order valence-electron chi connectivity index (χ1n) is 14.8. The van der Waals surface area contributed by atoms with E-state index >= 15 is 0 Å². The van der Waals surface area contributed by atoms with Gasteiger partial charge < -0.3 is 10.2 Å². The van der Waals surface area contributed by atoms with E-state index in [0.29, 0.717) is 17.0 Å². The summed E-state index contributed by atoms with van der Waals surface area (Å²) < 4.78 is 29.3. The van der Waals surface area contributed by atoms with Crippen molar-refractivity contribution >= 4 is 62.3 Å². The lowest BCUT2D eigenvalue weighted by Crippen LogP contribution is -2.54. The highest BCUT2D eigenvalue weighted by molar-refractivity contribution is 7.92. The zero-order valence-corrected chi connectivity index (χ0v) is 28.9. The largest absolute Gasteiger partial charge is 0.352 e. The van der Waals surface area contributed by atoms with Crippen LogP contribution in [0, 0.1) is 6.92 Å². The number of rotatable bonds is 13. The normalized spacial score (nSPS) is 12.7. The lowest BCUT2D eigenvalue weighted by atomic mass is 10.0. The predicted molar refractivity (Wildman–Crippen MR) is 186 cm³/mol. The molecule has 0 fully saturated rings. The average molecular weight is 701 g/mol.